The van der Waals surface area contributed by atoms with E-state index in [1.54, 1.807) is 20.1 Å². The number of methoxy groups -OCH3 is 1. The lowest BCUT2D eigenvalue weighted by atomic mass is 10.2. The predicted molar refractivity (Wildman–Crippen MR) is 79.4 cm³/mol. The van der Waals surface area contributed by atoms with Crippen LogP contribution in [0.1, 0.15) is 18.4 Å². The zero-order valence-electron chi connectivity index (χ0n) is 11.6. The first-order valence-electron chi connectivity index (χ1n) is 6.44. The molecule has 0 bridgehead atoms. The van der Waals surface area contributed by atoms with Crippen LogP contribution in [-0.2, 0) is 14.8 Å². The van der Waals surface area contributed by atoms with Gasteiger partial charge < -0.3 is 10.5 Å². The lowest BCUT2D eigenvalue weighted by Crippen LogP contribution is -2.36. The summed E-state index contributed by atoms with van der Waals surface area (Å²) in [7, 11) is -2.01. The van der Waals surface area contributed by atoms with E-state index >= 15 is 0 Å². The van der Waals surface area contributed by atoms with Crippen molar-refractivity contribution in [3.8, 4) is 0 Å². The fourth-order valence-corrected chi connectivity index (χ4v) is 4.25. The van der Waals surface area contributed by atoms with Crippen molar-refractivity contribution in [2.45, 2.75) is 30.7 Å². The first-order chi connectivity index (χ1) is 9.37. The standard InChI is InChI=1S/C13H19ClN2O3S/c1-9-7-11(14)12(15)8-13(9)20(17,18)16(5-6-19-2)10-3-4-10/h7-8,10H,3-6,15H2,1-2H3. The minimum atomic E-state index is -3.57. The van der Waals surface area contributed by atoms with Crippen molar-refractivity contribution < 1.29 is 13.2 Å². The molecule has 112 valence electrons. The van der Waals surface area contributed by atoms with E-state index in [1.807, 2.05) is 0 Å². The maximum Gasteiger partial charge on any atom is 0.243 e. The van der Waals surface area contributed by atoms with Crippen LogP contribution in [0.3, 0.4) is 0 Å². The molecular formula is C13H19ClN2O3S. The third-order valence-electron chi connectivity index (χ3n) is 3.35. The van der Waals surface area contributed by atoms with Crippen LogP contribution in [0.4, 0.5) is 5.69 Å². The van der Waals surface area contributed by atoms with Gasteiger partial charge in [-0.05, 0) is 37.5 Å². The molecule has 0 unspecified atom stereocenters. The Morgan fingerprint density at radius 1 is 1.45 bits per heavy atom. The summed E-state index contributed by atoms with van der Waals surface area (Å²) >= 11 is 5.92. The van der Waals surface area contributed by atoms with Gasteiger partial charge in [0.1, 0.15) is 0 Å². The van der Waals surface area contributed by atoms with E-state index in [2.05, 4.69) is 0 Å². The molecule has 0 amide bonds. The summed E-state index contributed by atoms with van der Waals surface area (Å²) in [6.07, 6.45) is 1.79. The van der Waals surface area contributed by atoms with Crippen LogP contribution in [0.15, 0.2) is 17.0 Å². The van der Waals surface area contributed by atoms with Gasteiger partial charge in [-0.2, -0.15) is 4.31 Å². The molecule has 0 aliphatic heterocycles. The van der Waals surface area contributed by atoms with Crippen molar-refractivity contribution in [1.29, 1.82) is 0 Å². The molecule has 0 aromatic heterocycles. The van der Waals surface area contributed by atoms with Crippen molar-refractivity contribution in [3.63, 3.8) is 0 Å². The lowest BCUT2D eigenvalue weighted by Gasteiger charge is -2.23. The Morgan fingerprint density at radius 2 is 2.10 bits per heavy atom. The van der Waals surface area contributed by atoms with Crippen LogP contribution in [0, 0.1) is 6.92 Å². The van der Waals surface area contributed by atoms with Crippen LogP contribution < -0.4 is 5.73 Å². The molecule has 0 radical (unpaired) electrons. The van der Waals surface area contributed by atoms with Gasteiger partial charge in [0.15, 0.2) is 0 Å². The lowest BCUT2D eigenvalue weighted by molar-refractivity contribution is 0.177. The number of nitrogen functional groups attached to an aromatic ring is 1. The summed E-state index contributed by atoms with van der Waals surface area (Å²) in [5.41, 5.74) is 6.62. The number of hydrogen-bond acceptors (Lipinski definition) is 4. The Labute approximate surface area is 124 Å². The van der Waals surface area contributed by atoms with Crippen LogP contribution in [-0.4, -0.2) is 39.0 Å². The quantitative estimate of drug-likeness (QED) is 0.815. The van der Waals surface area contributed by atoms with Crippen molar-refractivity contribution >= 4 is 27.3 Å². The molecule has 1 aromatic rings. The molecule has 1 aliphatic rings. The number of rotatable bonds is 6. The zero-order valence-corrected chi connectivity index (χ0v) is 13.2. The normalized spacial score (nSPS) is 15.8. The van der Waals surface area contributed by atoms with Crippen molar-refractivity contribution in [2.24, 2.45) is 0 Å². The van der Waals surface area contributed by atoms with Crippen LogP contribution >= 0.6 is 11.6 Å². The molecule has 1 aliphatic carbocycles. The molecule has 20 heavy (non-hydrogen) atoms. The van der Waals surface area contributed by atoms with Gasteiger partial charge in [-0.15, -0.1) is 0 Å². The molecule has 2 N–H and O–H groups in total. The SMILES string of the molecule is COCCN(C1CC1)S(=O)(=O)c1cc(N)c(Cl)cc1C. The van der Waals surface area contributed by atoms with Crippen LogP contribution in [0.5, 0.6) is 0 Å². The summed E-state index contributed by atoms with van der Waals surface area (Å²) in [4.78, 5) is 0.224. The molecule has 2 rings (SSSR count). The number of sulfonamides is 1. The summed E-state index contributed by atoms with van der Waals surface area (Å²) in [6, 6.07) is 3.10. The van der Waals surface area contributed by atoms with Gasteiger partial charge in [0.2, 0.25) is 10.0 Å². The largest absolute Gasteiger partial charge is 0.397 e. The molecule has 5 nitrogen and oxygen atoms in total. The highest BCUT2D eigenvalue weighted by molar-refractivity contribution is 7.89. The smallest absolute Gasteiger partial charge is 0.243 e. The van der Waals surface area contributed by atoms with Crippen molar-refractivity contribution in [2.75, 3.05) is 26.0 Å². The highest BCUT2D eigenvalue weighted by atomic mass is 35.5. The number of ether oxygens (including phenoxy) is 1. The molecule has 0 saturated heterocycles. The van der Waals surface area contributed by atoms with E-state index in [-0.39, 0.29) is 16.6 Å². The fraction of sp³-hybridized carbons (Fsp3) is 0.538. The topological polar surface area (TPSA) is 72.6 Å². The van der Waals surface area contributed by atoms with Gasteiger partial charge in [0.05, 0.1) is 22.2 Å². The Morgan fingerprint density at radius 3 is 2.65 bits per heavy atom. The maximum atomic E-state index is 12.8. The van der Waals surface area contributed by atoms with Gasteiger partial charge >= 0.3 is 0 Å². The van der Waals surface area contributed by atoms with Gasteiger partial charge in [0, 0.05) is 19.7 Å². The number of hydrogen-bond donors (Lipinski definition) is 1. The number of nitrogens with two attached hydrogens (primary N) is 1. The van der Waals surface area contributed by atoms with Crippen LogP contribution in [0.25, 0.3) is 0 Å². The molecule has 0 heterocycles. The minimum absolute atomic E-state index is 0.0754. The molecule has 0 atom stereocenters. The predicted octanol–water partition coefficient (Wildman–Crippen LogP) is 2.03. The highest BCUT2D eigenvalue weighted by Crippen LogP contribution is 2.34. The molecule has 1 aromatic carbocycles. The van der Waals surface area contributed by atoms with Gasteiger partial charge in [-0.1, -0.05) is 11.6 Å². The summed E-state index contributed by atoms with van der Waals surface area (Å²) < 4.78 is 32.1. The second-order valence-electron chi connectivity index (χ2n) is 4.98. The van der Waals surface area contributed by atoms with Crippen molar-refractivity contribution in [3.05, 3.63) is 22.7 Å². The second kappa shape index (κ2) is 5.89. The van der Waals surface area contributed by atoms with E-state index in [9.17, 15) is 8.42 Å². The summed E-state index contributed by atoms with van der Waals surface area (Å²) in [6.45, 7) is 2.45. The third-order valence-corrected chi connectivity index (χ3v) is 5.77. The first kappa shape index (κ1) is 15.6. The monoisotopic (exact) mass is 318 g/mol. The average Bonchev–Trinajstić information content (AvgIpc) is 3.18. The fourth-order valence-electron chi connectivity index (χ4n) is 2.12. The highest BCUT2D eigenvalue weighted by Gasteiger charge is 2.38. The van der Waals surface area contributed by atoms with Crippen LogP contribution in [0.2, 0.25) is 5.02 Å². The number of nitrogens with zero attached hydrogens (tertiary/aromatic N) is 1. The van der Waals surface area contributed by atoms with E-state index in [0.29, 0.717) is 23.7 Å². The maximum absolute atomic E-state index is 12.8. The average molecular weight is 319 g/mol. The van der Waals surface area contributed by atoms with Gasteiger partial charge in [-0.3, -0.25) is 0 Å². The van der Waals surface area contributed by atoms with Gasteiger partial charge in [0.25, 0.3) is 0 Å². The Hall–Kier alpha value is -0.820. The minimum Gasteiger partial charge on any atom is -0.397 e. The number of halogens is 1. The first-order valence-corrected chi connectivity index (χ1v) is 8.26. The molecule has 1 saturated carbocycles. The van der Waals surface area contributed by atoms with E-state index in [0.717, 1.165) is 12.8 Å². The van der Waals surface area contributed by atoms with E-state index < -0.39 is 10.0 Å². The zero-order chi connectivity index (χ0) is 14.9. The molecule has 1 fully saturated rings. The van der Waals surface area contributed by atoms with Crippen molar-refractivity contribution in [1.82, 2.24) is 4.31 Å². The molecule has 7 heteroatoms. The number of aryl methyl sites for hydroxylation is 1. The summed E-state index contributed by atoms with van der Waals surface area (Å²) in [5.74, 6) is 0. The van der Waals surface area contributed by atoms with E-state index in [4.69, 9.17) is 22.1 Å². The molecular weight excluding hydrogens is 300 g/mol. The Kier molecular flexibility index (Phi) is 4.59. The molecule has 0 spiro atoms. The number of anilines is 1. The Balaban J connectivity index is 2.39. The summed E-state index contributed by atoms with van der Waals surface area (Å²) in [5, 5.41) is 0.372. The Bertz CT molecular complexity index is 600. The second-order valence-corrected chi connectivity index (χ2v) is 7.25. The third kappa shape index (κ3) is 3.09. The van der Waals surface area contributed by atoms with Gasteiger partial charge in [-0.25, -0.2) is 8.42 Å². The number of benzene rings is 1. The van der Waals surface area contributed by atoms with E-state index in [1.165, 1.54) is 10.4 Å².